The topological polar surface area (TPSA) is 9.23 Å². The molecule has 0 amide bonds. The first-order chi connectivity index (χ1) is 7.92. The monoisotopic (exact) mass is 324 g/mol. The molecule has 0 bridgehead atoms. The lowest BCUT2D eigenvalue weighted by Gasteiger charge is -2.10. The molecule has 0 saturated carbocycles. The molecule has 17 heavy (non-hydrogen) atoms. The van der Waals surface area contributed by atoms with Crippen LogP contribution in [0.5, 0.6) is 5.75 Å². The number of alkyl halides is 3. The minimum Gasteiger partial charge on any atom is -0.404 e. The molecule has 0 N–H and O–H groups in total. The average molecular weight is 325 g/mol. The Kier molecular flexibility index (Phi) is 5.22. The Morgan fingerprint density at radius 2 is 2.06 bits per heavy atom. The van der Waals surface area contributed by atoms with Crippen LogP contribution in [-0.2, 0) is 0 Å². The predicted molar refractivity (Wildman–Crippen MR) is 66.2 cm³/mol. The molecular formula is C11H8BrF3OS. The summed E-state index contributed by atoms with van der Waals surface area (Å²) in [5, 5.41) is 0. The van der Waals surface area contributed by atoms with E-state index in [0.29, 0.717) is 16.6 Å². The lowest BCUT2D eigenvalue weighted by molar-refractivity contribution is -0.274. The van der Waals surface area contributed by atoms with Gasteiger partial charge in [-0.1, -0.05) is 27.8 Å². The maximum atomic E-state index is 12.1. The van der Waals surface area contributed by atoms with E-state index in [1.807, 2.05) is 0 Å². The second kappa shape index (κ2) is 6.22. The van der Waals surface area contributed by atoms with Gasteiger partial charge >= 0.3 is 6.36 Å². The van der Waals surface area contributed by atoms with Gasteiger partial charge in [0.1, 0.15) is 5.75 Å². The van der Waals surface area contributed by atoms with Crippen LogP contribution in [0.15, 0.2) is 22.7 Å². The molecular weight excluding hydrogens is 317 g/mol. The largest absolute Gasteiger partial charge is 0.573 e. The highest BCUT2D eigenvalue weighted by molar-refractivity contribution is 9.10. The van der Waals surface area contributed by atoms with Gasteiger partial charge in [0.2, 0.25) is 0 Å². The number of ether oxygens (including phenoxy) is 1. The first-order valence-corrected chi connectivity index (χ1v) is 6.00. The van der Waals surface area contributed by atoms with Crippen LogP contribution in [0.25, 0.3) is 0 Å². The second-order valence-electron chi connectivity index (χ2n) is 2.96. The van der Waals surface area contributed by atoms with Crippen LogP contribution in [0.4, 0.5) is 13.2 Å². The average Bonchev–Trinajstić information content (AvgIpc) is 2.19. The quantitative estimate of drug-likeness (QED) is 0.638. The van der Waals surface area contributed by atoms with Gasteiger partial charge in [-0.3, -0.25) is 0 Å². The maximum Gasteiger partial charge on any atom is 0.573 e. The van der Waals surface area contributed by atoms with Crippen molar-refractivity contribution in [3.8, 4) is 17.6 Å². The van der Waals surface area contributed by atoms with Crippen molar-refractivity contribution in [3.05, 3.63) is 28.2 Å². The molecule has 0 heterocycles. The number of benzene rings is 1. The van der Waals surface area contributed by atoms with Crippen LogP contribution < -0.4 is 4.74 Å². The number of thiol groups is 1. The minimum atomic E-state index is -4.72. The fourth-order valence-electron chi connectivity index (χ4n) is 1.02. The number of halogens is 4. The van der Waals surface area contributed by atoms with Gasteiger partial charge in [-0.2, -0.15) is 12.6 Å². The van der Waals surface area contributed by atoms with Crippen molar-refractivity contribution in [1.82, 2.24) is 0 Å². The number of rotatable bonds is 2. The van der Waals surface area contributed by atoms with Crippen molar-refractivity contribution in [2.75, 3.05) is 5.75 Å². The summed E-state index contributed by atoms with van der Waals surface area (Å²) in [6, 6.07) is 4.31. The standard InChI is InChI=1S/C11H8BrF3OS/c12-9-5-4-8(3-1-2-6-17)10(7-9)16-11(13,14)15/h4-5,7,17H,2,6H2. The smallest absolute Gasteiger partial charge is 0.404 e. The third-order valence-corrected chi connectivity index (χ3v) is 2.35. The zero-order valence-corrected chi connectivity index (χ0v) is 11.0. The van der Waals surface area contributed by atoms with Gasteiger partial charge in [-0.05, 0) is 18.2 Å². The fourth-order valence-corrected chi connectivity index (χ4v) is 1.47. The van der Waals surface area contributed by atoms with Crippen LogP contribution in [0.3, 0.4) is 0 Å². The molecule has 0 aromatic heterocycles. The molecule has 1 aromatic carbocycles. The summed E-state index contributed by atoms with van der Waals surface area (Å²) in [6.07, 6.45) is -4.22. The number of hydrogen-bond donors (Lipinski definition) is 1. The summed E-state index contributed by atoms with van der Waals surface area (Å²) in [6.45, 7) is 0. The molecule has 0 radical (unpaired) electrons. The third kappa shape index (κ3) is 5.37. The van der Waals surface area contributed by atoms with E-state index in [1.54, 1.807) is 6.07 Å². The predicted octanol–water partition coefficient (Wildman–Crippen LogP) is 4.02. The van der Waals surface area contributed by atoms with Crippen LogP contribution in [-0.4, -0.2) is 12.1 Å². The van der Waals surface area contributed by atoms with Gasteiger partial charge < -0.3 is 4.74 Å². The molecule has 1 aromatic rings. The molecule has 92 valence electrons. The molecule has 0 saturated heterocycles. The van der Waals surface area contributed by atoms with Gasteiger partial charge in [-0.15, -0.1) is 13.2 Å². The Hall–Kier alpha value is -0.800. The van der Waals surface area contributed by atoms with Crippen molar-refractivity contribution in [2.24, 2.45) is 0 Å². The molecule has 1 rings (SSSR count). The van der Waals surface area contributed by atoms with Crippen LogP contribution in [0.2, 0.25) is 0 Å². The van der Waals surface area contributed by atoms with Crippen molar-refractivity contribution in [3.63, 3.8) is 0 Å². The van der Waals surface area contributed by atoms with Crippen LogP contribution >= 0.6 is 28.6 Å². The van der Waals surface area contributed by atoms with Crippen molar-refractivity contribution in [1.29, 1.82) is 0 Å². The first-order valence-electron chi connectivity index (χ1n) is 4.57. The molecule has 0 aliphatic rings. The van der Waals surface area contributed by atoms with E-state index in [2.05, 4.69) is 45.1 Å². The summed E-state index contributed by atoms with van der Waals surface area (Å²) in [7, 11) is 0. The summed E-state index contributed by atoms with van der Waals surface area (Å²) < 4.78 is 40.8. The van der Waals surface area contributed by atoms with Gasteiger partial charge in [0.05, 0.1) is 5.56 Å². The maximum absolute atomic E-state index is 12.1. The van der Waals surface area contributed by atoms with E-state index in [9.17, 15) is 13.2 Å². The van der Waals surface area contributed by atoms with Crippen molar-refractivity contribution in [2.45, 2.75) is 12.8 Å². The Morgan fingerprint density at radius 3 is 2.65 bits per heavy atom. The highest BCUT2D eigenvalue weighted by Gasteiger charge is 2.32. The van der Waals surface area contributed by atoms with Crippen LogP contribution in [0.1, 0.15) is 12.0 Å². The zero-order chi connectivity index (χ0) is 12.9. The van der Waals surface area contributed by atoms with Crippen molar-refractivity contribution >= 4 is 28.6 Å². The van der Waals surface area contributed by atoms with E-state index < -0.39 is 6.36 Å². The van der Waals surface area contributed by atoms with Crippen LogP contribution in [0, 0.1) is 11.8 Å². The van der Waals surface area contributed by atoms with E-state index in [1.165, 1.54) is 12.1 Å². The molecule has 1 nitrogen and oxygen atoms in total. The Balaban J connectivity index is 3.01. The lowest BCUT2D eigenvalue weighted by atomic mass is 10.2. The molecule has 0 atom stereocenters. The molecule has 6 heteroatoms. The van der Waals surface area contributed by atoms with Gasteiger partial charge in [-0.25, -0.2) is 0 Å². The number of hydrogen-bond acceptors (Lipinski definition) is 2. The second-order valence-corrected chi connectivity index (χ2v) is 4.33. The normalized spacial score (nSPS) is 10.6. The van der Waals surface area contributed by atoms with Gasteiger partial charge in [0.25, 0.3) is 0 Å². The summed E-state index contributed by atoms with van der Waals surface area (Å²) in [5.41, 5.74) is 0.201. The van der Waals surface area contributed by atoms with E-state index in [0.717, 1.165) is 0 Å². The molecule has 0 unspecified atom stereocenters. The van der Waals surface area contributed by atoms with E-state index >= 15 is 0 Å². The minimum absolute atomic E-state index is 0.201. The van der Waals surface area contributed by atoms with Crippen molar-refractivity contribution < 1.29 is 17.9 Å². The SMILES string of the molecule is FC(F)(F)Oc1cc(Br)ccc1C#CCCS. The Bertz CT molecular complexity index is 448. The summed E-state index contributed by atoms with van der Waals surface area (Å²) in [4.78, 5) is 0. The Labute approximate surface area is 111 Å². The summed E-state index contributed by atoms with van der Waals surface area (Å²) in [5.74, 6) is 5.57. The molecule has 0 aliphatic heterocycles. The lowest BCUT2D eigenvalue weighted by Crippen LogP contribution is -2.17. The fraction of sp³-hybridized carbons (Fsp3) is 0.273. The molecule has 0 fully saturated rings. The van der Waals surface area contributed by atoms with E-state index in [4.69, 9.17) is 0 Å². The zero-order valence-electron chi connectivity index (χ0n) is 8.51. The van der Waals surface area contributed by atoms with E-state index in [-0.39, 0.29) is 11.3 Å². The third-order valence-electron chi connectivity index (χ3n) is 1.63. The highest BCUT2D eigenvalue weighted by Crippen LogP contribution is 2.28. The highest BCUT2D eigenvalue weighted by atomic mass is 79.9. The Morgan fingerprint density at radius 1 is 1.35 bits per heavy atom. The molecule has 0 aliphatic carbocycles. The van der Waals surface area contributed by atoms with Gasteiger partial charge in [0.15, 0.2) is 0 Å². The first kappa shape index (κ1) is 14.3. The molecule has 0 spiro atoms. The summed E-state index contributed by atoms with van der Waals surface area (Å²) >= 11 is 7.03. The van der Waals surface area contributed by atoms with Gasteiger partial charge in [0, 0.05) is 16.6 Å².